The van der Waals surface area contributed by atoms with E-state index in [1.54, 1.807) is 13.2 Å². The zero-order valence-corrected chi connectivity index (χ0v) is 9.23. The van der Waals surface area contributed by atoms with Crippen LogP contribution in [0, 0.1) is 0 Å². The number of hydrogen-bond acceptors (Lipinski definition) is 4. The quantitative estimate of drug-likeness (QED) is 0.651. The van der Waals surface area contributed by atoms with E-state index in [2.05, 4.69) is 4.90 Å². The number of carbonyl (C=O) groups is 1. The average Bonchev–Trinajstić information content (AvgIpc) is 2.73. The molecule has 2 aliphatic heterocycles. The maximum atomic E-state index is 11.1. The monoisotopic (exact) mass is 211 g/mol. The van der Waals surface area contributed by atoms with Crippen LogP contribution in [0.25, 0.3) is 0 Å². The summed E-state index contributed by atoms with van der Waals surface area (Å²) in [6, 6.07) is 0.401. The van der Waals surface area contributed by atoms with Crippen molar-refractivity contribution in [2.45, 2.75) is 31.9 Å². The van der Waals surface area contributed by atoms with Crippen LogP contribution < -0.4 is 0 Å². The van der Waals surface area contributed by atoms with Crippen molar-refractivity contribution in [2.75, 3.05) is 20.3 Å². The van der Waals surface area contributed by atoms with Gasteiger partial charge < -0.3 is 14.4 Å². The van der Waals surface area contributed by atoms with Crippen molar-refractivity contribution in [3.63, 3.8) is 0 Å². The van der Waals surface area contributed by atoms with Gasteiger partial charge in [-0.25, -0.2) is 4.79 Å². The van der Waals surface area contributed by atoms with Crippen LogP contribution in [0.3, 0.4) is 0 Å². The molecule has 0 bridgehead atoms. The van der Waals surface area contributed by atoms with E-state index >= 15 is 0 Å². The van der Waals surface area contributed by atoms with Crippen molar-refractivity contribution in [3.05, 3.63) is 11.8 Å². The second kappa shape index (κ2) is 4.23. The molecule has 2 aliphatic rings. The van der Waals surface area contributed by atoms with Crippen molar-refractivity contribution in [1.29, 1.82) is 0 Å². The molecule has 1 saturated heterocycles. The summed E-state index contributed by atoms with van der Waals surface area (Å²) in [5, 5.41) is 0. The normalized spacial score (nSPS) is 30.7. The summed E-state index contributed by atoms with van der Waals surface area (Å²) in [7, 11) is 1.71. The number of likely N-dealkylation sites (tertiary alicyclic amines) is 1. The first kappa shape index (κ1) is 10.5. The minimum Gasteiger partial charge on any atom is -0.453 e. The fraction of sp³-hybridized carbons (Fsp3) is 0.727. The number of carbonyl (C=O) groups excluding carboxylic acids is 1. The Hall–Kier alpha value is -1.03. The summed E-state index contributed by atoms with van der Waals surface area (Å²) < 4.78 is 10.3. The van der Waals surface area contributed by atoms with Crippen molar-refractivity contribution >= 4 is 5.97 Å². The summed E-state index contributed by atoms with van der Waals surface area (Å²) in [4.78, 5) is 13.4. The zero-order chi connectivity index (χ0) is 10.8. The highest BCUT2D eigenvalue weighted by molar-refractivity contribution is 5.85. The number of cyclic esters (lactones) is 1. The van der Waals surface area contributed by atoms with Crippen molar-refractivity contribution in [1.82, 2.24) is 4.90 Å². The molecule has 84 valence electrons. The van der Waals surface area contributed by atoms with Crippen molar-refractivity contribution in [2.24, 2.45) is 0 Å². The first-order chi connectivity index (χ1) is 7.22. The minimum absolute atomic E-state index is 0.102. The van der Waals surface area contributed by atoms with Crippen LogP contribution in [-0.4, -0.2) is 43.3 Å². The van der Waals surface area contributed by atoms with Crippen LogP contribution in [0.1, 0.15) is 19.8 Å². The van der Waals surface area contributed by atoms with Crippen LogP contribution in [0.5, 0.6) is 0 Å². The highest BCUT2D eigenvalue weighted by Crippen LogP contribution is 2.28. The van der Waals surface area contributed by atoms with Gasteiger partial charge in [-0.3, -0.25) is 0 Å². The van der Waals surface area contributed by atoms with E-state index in [0.717, 1.165) is 31.7 Å². The SMILES string of the molecule is COC[C@@H]1CCCN1C1=CC(=O)OC1C. The average molecular weight is 211 g/mol. The number of hydrogen-bond donors (Lipinski definition) is 0. The predicted molar refractivity (Wildman–Crippen MR) is 55.2 cm³/mol. The van der Waals surface area contributed by atoms with Gasteiger partial charge in [-0.05, 0) is 19.8 Å². The first-order valence-electron chi connectivity index (χ1n) is 5.40. The van der Waals surface area contributed by atoms with E-state index in [1.165, 1.54) is 0 Å². The lowest BCUT2D eigenvalue weighted by Gasteiger charge is -2.28. The molecule has 0 aromatic heterocycles. The largest absolute Gasteiger partial charge is 0.453 e. The number of ether oxygens (including phenoxy) is 2. The van der Waals surface area contributed by atoms with E-state index in [9.17, 15) is 4.79 Å². The molecule has 2 rings (SSSR count). The molecule has 0 radical (unpaired) electrons. The molecule has 0 N–H and O–H groups in total. The Morgan fingerprint density at radius 3 is 3.07 bits per heavy atom. The van der Waals surface area contributed by atoms with Gasteiger partial charge in [0.25, 0.3) is 0 Å². The van der Waals surface area contributed by atoms with Crippen LogP contribution in [0.15, 0.2) is 11.8 Å². The molecule has 2 atom stereocenters. The van der Waals surface area contributed by atoms with Gasteiger partial charge >= 0.3 is 5.97 Å². The third-order valence-electron chi connectivity index (χ3n) is 3.04. The maximum Gasteiger partial charge on any atom is 0.333 e. The van der Waals surface area contributed by atoms with Crippen LogP contribution in [-0.2, 0) is 14.3 Å². The van der Waals surface area contributed by atoms with Crippen molar-refractivity contribution < 1.29 is 14.3 Å². The summed E-state index contributed by atoms with van der Waals surface area (Å²) in [6.45, 7) is 3.64. The van der Waals surface area contributed by atoms with Gasteiger partial charge in [-0.15, -0.1) is 0 Å². The minimum atomic E-state index is -0.222. The second-order valence-corrected chi connectivity index (χ2v) is 4.09. The molecule has 0 aromatic carbocycles. The Labute approximate surface area is 89.8 Å². The summed E-state index contributed by atoms with van der Waals surface area (Å²) in [5.74, 6) is -0.222. The maximum absolute atomic E-state index is 11.1. The summed E-state index contributed by atoms with van der Waals surface area (Å²) >= 11 is 0. The Morgan fingerprint density at radius 1 is 1.67 bits per heavy atom. The topological polar surface area (TPSA) is 38.8 Å². The molecule has 2 heterocycles. The number of nitrogens with zero attached hydrogens (tertiary/aromatic N) is 1. The van der Waals surface area contributed by atoms with Crippen LogP contribution in [0.2, 0.25) is 0 Å². The van der Waals surface area contributed by atoms with Gasteiger partial charge in [-0.2, -0.15) is 0 Å². The van der Waals surface area contributed by atoms with Crippen molar-refractivity contribution in [3.8, 4) is 0 Å². The van der Waals surface area contributed by atoms with Gasteiger partial charge in [0.2, 0.25) is 0 Å². The lowest BCUT2D eigenvalue weighted by atomic mass is 10.2. The first-order valence-corrected chi connectivity index (χ1v) is 5.40. The van der Waals surface area contributed by atoms with E-state index in [4.69, 9.17) is 9.47 Å². The molecule has 1 unspecified atom stereocenters. The third kappa shape index (κ3) is 2.00. The Bertz CT molecular complexity index is 288. The highest BCUT2D eigenvalue weighted by atomic mass is 16.5. The molecule has 0 aliphatic carbocycles. The number of rotatable bonds is 3. The lowest BCUT2D eigenvalue weighted by molar-refractivity contribution is -0.138. The molecule has 0 aromatic rings. The third-order valence-corrected chi connectivity index (χ3v) is 3.04. The molecule has 4 heteroatoms. The lowest BCUT2D eigenvalue weighted by Crippen LogP contribution is -2.35. The second-order valence-electron chi connectivity index (χ2n) is 4.09. The molecule has 0 spiro atoms. The van der Waals surface area contributed by atoms with E-state index < -0.39 is 0 Å². The van der Waals surface area contributed by atoms with Gasteiger partial charge in [-0.1, -0.05) is 0 Å². The Kier molecular flexibility index (Phi) is 2.95. The van der Waals surface area contributed by atoms with Gasteiger partial charge in [0.05, 0.1) is 18.3 Å². The Balaban J connectivity index is 2.09. The van der Waals surface area contributed by atoms with Gasteiger partial charge in [0.1, 0.15) is 6.10 Å². The fourth-order valence-corrected chi connectivity index (χ4v) is 2.36. The fourth-order valence-electron chi connectivity index (χ4n) is 2.36. The van der Waals surface area contributed by atoms with Gasteiger partial charge in [0, 0.05) is 19.7 Å². The number of methoxy groups -OCH3 is 1. The zero-order valence-electron chi connectivity index (χ0n) is 9.23. The molecule has 15 heavy (non-hydrogen) atoms. The molecule has 1 fully saturated rings. The molecule has 0 saturated carbocycles. The smallest absolute Gasteiger partial charge is 0.333 e. The van der Waals surface area contributed by atoms with E-state index in [0.29, 0.717) is 6.04 Å². The predicted octanol–water partition coefficient (Wildman–Crippen LogP) is 0.926. The van der Waals surface area contributed by atoms with E-state index in [1.807, 2.05) is 6.92 Å². The number of esters is 1. The Morgan fingerprint density at radius 2 is 2.47 bits per heavy atom. The molecule has 4 nitrogen and oxygen atoms in total. The van der Waals surface area contributed by atoms with Crippen LogP contribution in [0.4, 0.5) is 0 Å². The molecular formula is C11H17NO3. The molecular weight excluding hydrogens is 194 g/mol. The van der Waals surface area contributed by atoms with Gasteiger partial charge in [0.15, 0.2) is 0 Å². The van der Waals surface area contributed by atoms with Crippen LogP contribution >= 0.6 is 0 Å². The summed E-state index contributed by atoms with van der Waals surface area (Å²) in [5.41, 5.74) is 1.01. The summed E-state index contributed by atoms with van der Waals surface area (Å²) in [6.07, 6.45) is 3.80. The van der Waals surface area contributed by atoms with E-state index in [-0.39, 0.29) is 12.1 Å². The standard InChI is InChI=1S/C11H17NO3/c1-8-10(6-11(13)15-8)12-5-3-4-9(12)7-14-2/h6,8-9H,3-5,7H2,1-2H3/t8?,9-/m0/s1. The highest BCUT2D eigenvalue weighted by Gasteiger charge is 2.33. The molecule has 0 amide bonds.